The molecule has 1 N–H and O–H groups in total. The number of hydrogen-bond donors (Lipinski definition) is 1. The average Bonchev–Trinajstić information content (AvgIpc) is 3.30. The molecule has 0 saturated carbocycles. The summed E-state index contributed by atoms with van der Waals surface area (Å²) < 4.78 is 2.02. The Morgan fingerprint density at radius 1 is 1.17 bits per heavy atom. The Morgan fingerprint density at radius 2 is 2.03 bits per heavy atom. The molecule has 0 bridgehead atoms. The smallest absolute Gasteiger partial charge is 0.227 e. The summed E-state index contributed by atoms with van der Waals surface area (Å²) in [6, 6.07) is 6.70. The van der Waals surface area contributed by atoms with Crippen molar-refractivity contribution in [3.63, 3.8) is 0 Å². The lowest BCUT2D eigenvalue weighted by molar-refractivity contribution is -0.120. The van der Waals surface area contributed by atoms with E-state index in [-0.39, 0.29) is 12.3 Å². The number of amides is 1. The maximum absolute atomic E-state index is 11.9. The molecule has 1 saturated heterocycles. The molecule has 0 radical (unpaired) electrons. The zero-order valence-electron chi connectivity index (χ0n) is 17.8. The van der Waals surface area contributed by atoms with Crippen LogP contribution >= 0.6 is 0 Å². The van der Waals surface area contributed by atoms with E-state index in [1.165, 1.54) is 49.9 Å². The summed E-state index contributed by atoms with van der Waals surface area (Å²) in [5.74, 6) is 1.99. The third-order valence-electron chi connectivity index (χ3n) is 6.33. The lowest BCUT2D eigenvalue weighted by Gasteiger charge is -2.19. The number of likely N-dealkylation sites (tertiary alicyclic amines) is 1. The monoisotopic (exact) mass is 395 g/mol. The first-order valence-electron chi connectivity index (χ1n) is 11.2. The quantitative estimate of drug-likeness (QED) is 0.817. The van der Waals surface area contributed by atoms with E-state index in [0.29, 0.717) is 11.7 Å². The summed E-state index contributed by atoms with van der Waals surface area (Å²) in [6.07, 6.45) is 8.41. The average molecular weight is 396 g/mol. The molecule has 6 nitrogen and oxygen atoms in total. The predicted octanol–water partition coefficient (Wildman–Crippen LogP) is 3.02. The zero-order valence-corrected chi connectivity index (χ0v) is 17.8. The minimum absolute atomic E-state index is 0.0439. The van der Waals surface area contributed by atoms with Gasteiger partial charge in [-0.2, -0.15) is 5.10 Å². The number of aryl methyl sites for hydroxylation is 2. The Labute approximate surface area is 173 Å². The molecule has 2 aromatic rings. The van der Waals surface area contributed by atoms with E-state index in [1.807, 2.05) is 4.68 Å². The number of benzene rings is 1. The van der Waals surface area contributed by atoms with Gasteiger partial charge in [0.05, 0.1) is 12.1 Å². The normalized spacial score (nSPS) is 19.7. The Kier molecular flexibility index (Phi) is 6.28. The Balaban J connectivity index is 1.65. The van der Waals surface area contributed by atoms with Crippen LogP contribution in [0.1, 0.15) is 67.7 Å². The van der Waals surface area contributed by atoms with Crippen molar-refractivity contribution >= 4 is 5.91 Å². The van der Waals surface area contributed by atoms with Crippen LogP contribution in [0, 0.1) is 0 Å². The first-order chi connectivity index (χ1) is 14.2. The molecule has 1 atom stereocenters. The van der Waals surface area contributed by atoms with E-state index < -0.39 is 0 Å². The number of carbonyl (C=O) groups excluding carboxylic acids is 1. The molecular formula is C23H33N5O. The lowest BCUT2D eigenvalue weighted by atomic mass is 9.99. The second kappa shape index (κ2) is 9.08. The molecule has 2 heterocycles. The molecule has 6 heteroatoms. The Morgan fingerprint density at radius 3 is 2.86 bits per heavy atom. The zero-order chi connectivity index (χ0) is 20.2. The molecule has 2 aliphatic rings. The van der Waals surface area contributed by atoms with Gasteiger partial charge in [-0.1, -0.05) is 13.0 Å². The third-order valence-corrected chi connectivity index (χ3v) is 6.33. The summed E-state index contributed by atoms with van der Waals surface area (Å²) in [6.45, 7) is 5.70. The van der Waals surface area contributed by atoms with Crippen LogP contribution < -0.4 is 5.32 Å². The molecule has 4 rings (SSSR count). The molecule has 1 aromatic carbocycles. The number of aromatic nitrogens is 3. The molecule has 1 aliphatic heterocycles. The van der Waals surface area contributed by atoms with E-state index in [0.717, 1.165) is 37.3 Å². The van der Waals surface area contributed by atoms with Crippen LogP contribution in [-0.2, 0) is 24.1 Å². The molecule has 1 amide bonds. The van der Waals surface area contributed by atoms with E-state index in [4.69, 9.17) is 10.1 Å². The molecule has 29 heavy (non-hydrogen) atoms. The highest BCUT2D eigenvalue weighted by Gasteiger charge is 2.25. The maximum Gasteiger partial charge on any atom is 0.227 e. The van der Waals surface area contributed by atoms with Crippen molar-refractivity contribution in [1.82, 2.24) is 25.0 Å². The van der Waals surface area contributed by atoms with Gasteiger partial charge in [-0.3, -0.25) is 4.79 Å². The van der Waals surface area contributed by atoms with Gasteiger partial charge in [0.1, 0.15) is 5.82 Å². The summed E-state index contributed by atoms with van der Waals surface area (Å²) in [7, 11) is 1.66. The van der Waals surface area contributed by atoms with Gasteiger partial charge in [0, 0.05) is 13.0 Å². The SMILES string of the molecule is CCCN1CCCC(c2nc(CC(=O)NC)nn2-c2ccc3c(c2)CCC3)CC1. The summed E-state index contributed by atoms with van der Waals surface area (Å²) >= 11 is 0. The first kappa shape index (κ1) is 20.1. The highest BCUT2D eigenvalue weighted by molar-refractivity contribution is 5.77. The standard InChI is InChI=1S/C23H33N5O/c1-3-12-27-13-5-8-18(11-14-27)23-25-21(16-22(29)24-2)26-28(23)20-10-9-17-6-4-7-19(17)15-20/h9-10,15,18H,3-8,11-14,16H2,1-2H3,(H,24,29). The summed E-state index contributed by atoms with van der Waals surface area (Å²) in [4.78, 5) is 19.4. The summed E-state index contributed by atoms with van der Waals surface area (Å²) in [5, 5.41) is 7.48. The number of fused-ring (bicyclic) bond motifs is 1. The van der Waals surface area contributed by atoms with Crippen molar-refractivity contribution in [2.75, 3.05) is 26.7 Å². The third kappa shape index (κ3) is 4.53. The molecular weight excluding hydrogens is 362 g/mol. The van der Waals surface area contributed by atoms with E-state index in [2.05, 4.69) is 35.3 Å². The van der Waals surface area contributed by atoms with Gasteiger partial charge >= 0.3 is 0 Å². The van der Waals surface area contributed by atoms with Crippen molar-refractivity contribution in [1.29, 1.82) is 0 Å². The van der Waals surface area contributed by atoms with Gasteiger partial charge < -0.3 is 10.2 Å². The molecule has 1 aliphatic carbocycles. The van der Waals surface area contributed by atoms with Crippen molar-refractivity contribution in [2.24, 2.45) is 0 Å². The number of carbonyl (C=O) groups is 1. The van der Waals surface area contributed by atoms with Gasteiger partial charge in [0.2, 0.25) is 5.91 Å². The van der Waals surface area contributed by atoms with Crippen LogP contribution in [0.3, 0.4) is 0 Å². The van der Waals surface area contributed by atoms with E-state index in [1.54, 1.807) is 7.05 Å². The number of hydrogen-bond acceptors (Lipinski definition) is 4. The van der Waals surface area contributed by atoms with Crippen molar-refractivity contribution < 1.29 is 4.79 Å². The number of rotatable bonds is 6. The van der Waals surface area contributed by atoms with Crippen molar-refractivity contribution in [3.05, 3.63) is 41.0 Å². The summed E-state index contributed by atoms with van der Waals surface area (Å²) in [5.41, 5.74) is 3.99. The predicted molar refractivity (Wildman–Crippen MR) is 114 cm³/mol. The van der Waals surface area contributed by atoms with Gasteiger partial charge in [0.25, 0.3) is 0 Å². The lowest BCUT2D eigenvalue weighted by Crippen LogP contribution is -2.25. The van der Waals surface area contributed by atoms with Crippen LogP contribution in [0.25, 0.3) is 5.69 Å². The fourth-order valence-electron chi connectivity index (χ4n) is 4.77. The number of likely N-dealkylation sites (N-methyl/N-ethyl adjacent to an activating group) is 1. The first-order valence-corrected chi connectivity index (χ1v) is 11.2. The van der Waals surface area contributed by atoms with Gasteiger partial charge in [0.15, 0.2) is 5.82 Å². The van der Waals surface area contributed by atoms with Crippen molar-refractivity contribution in [3.8, 4) is 5.69 Å². The molecule has 1 aromatic heterocycles. The van der Waals surface area contributed by atoms with Crippen LogP contribution in [0.2, 0.25) is 0 Å². The molecule has 1 fully saturated rings. The second-order valence-electron chi connectivity index (χ2n) is 8.42. The van der Waals surface area contributed by atoms with Crippen LogP contribution in [-0.4, -0.2) is 52.3 Å². The number of nitrogens with zero attached hydrogens (tertiary/aromatic N) is 4. The number of nitrogens with one attached hydrogen (secondary N) is 1. The van der Waals surface area contributed by atoms with Gasteiger partial charge in [-0.05, 0) is 87.8 Å². The Bertz CT molecular complexity index is 859. The van der Waals surface area contributed by atoms with Gasteiger partial charge in [-0.25, -0.2) is 9.67 Å². The van der Waals surface area contributed by atoms with Gasteiger partial charge in [-0.15, -0.1) is 0 Å². The second-order valence-corrected chi connectivity index (χ2v) is 8.42. The van der Waals surface area contributed by atoms with Crippen LogP contribution in [0.15, 0.2) is 18.2 Å². The minimum atomic E-state index is -0.0439. The van der Waals surface area contributed by atoms with Crippen LogP contribution in [0.5, 0.6) is 0 Å². The van der Waals surface area contributed by atoms with Crippen LogP contribution in [0.4, 0.5) is 0 Å². The Hall–Kier alpha value is -2.21. The molecule has 0 spiro atoms. The fourth-order valence-corrected chi connectivity index (χ4v) is 4.77. The maximum atomic E-state index is 11.9. The fraction of sp³-hybridized carbons (Fsp3) is 0.609. The largest absolute Gasteiger partial charge is 0.359 e. The molecule has 156 valence electrons. The minimum Gasteiger partial charge on any atom is -0.359 e. The van der Waals surface area contributed by atoms with E-state index in [9.17, 15) is 4.79 Å². The van der Waals surface area contributed by atoms with E-state index >= 15 is 0 Å². The topological polar surface area (TPSA) is 63.1 Å². The molecule has 1 unspecified atom stereocenters. The van der Waals surface area contributed by atoms with Crippen molar-refractivity contribution in [2.45, 2.75) is 64.2 Å². The highest BCUT2D eigenvalue weighted by Crippen LogP contribution is 2.30. The highest BCUT2D eigenvalue weighted by atomic mass is 16.1.